The molecular formula is C13H19FN2. The first-order valence-corrected chi connectivity index (χ1v) is 5.95. The van der Waals surface area contributed by atoms with E-state index in [9.17, 15) is 4.39 Å². The van der Waals surface area contributed by atoms with Crippen molar-refractivity contribution in [2.75, 3.05) is 19.6 Å². The van der Waals surface area contributed by atoms with E-state index in [0.717, 1.165) is 44.1 Å². The maximum atomic E-state index is 13.0. The standard InChI is InChI=1S/C13H19FN2/c14-13-3-1-2-12(8-13)10-16-7-5-11(9-16)4-6-15/h1-3,8,11H,4-7,9-10,15H2. The van der Waals surface area contributed by atoms with E-state index in [1.54, 1.807) is 12.1 Å². The van der Waals surface area contributed by atoms with Gasteiger partial charge < -0.3 is 5.73 Å². The fourth-order valence-corrected chi connectivity index (χ4v) is 2.42. The quantitative estimate of drug-likeness (QED) is 0.844. The molecule has 1 heterocycles. The summed E-state index contributed by atoms with van der Waals surface area (Å²) >= 11 is 0. The molecular weight excluding hydrogens is 203 g/mol. The van der Waals surface area contributed by atoms with Gasteiger partial charge in [0.05, 0.1) is 0 Å². The van der Waals surface area contributed by atoms with Gasteiger partial charge in [0.2, 0.25) is 0 Å². The van der Waals surface area contributed by atoms with Gasteiger partial charge in [-0.1, -0.05) is 12.1 Å². The highest BCUT2D eigenvalue weighted by atomic mass is 19.1. The second-order valence-corrected chi connectivity index (χ2v) is 4.60. The number of halogens is 1. The second-order valence-electron chi connectivity index (χ2n) is 4.60. The van der Waals surface area contributed by atoms with Crippen LogP contribution in [0.15, 0.2) is 24.3 Å². The number of nitrogens with zero attached hydrogens (tertiary/aromatic N) is 1. The number of hydrogen-bond donors (Lipinski definition) is 1. The number of nitrogens with two attached hydrogens (primary N) is 1. The first kappa shape index (κ1) is 11.6. The highest BCUT2D eigenvalue weighted by Gasteiger charge is 2.21. The monoisotopic (exact) mass is 222 g/mol. The Morgan fingerprint density at radius 2 is 2.31 bits per heavy atom. The Balaban J connectivity index is 1.87. The summed E-state index contributed by atoms with van der Waals surface area (Å²) < 4.78 is 13.0. The highest BCUT2D eigenvalue weighted by Crippen LogP contribution is 2.20. The lowest BCUT2D eigenvalue weighted by atomic mass is 10.1. The molecule has 1 aromatic carbocycles. The molecule has 1 aliphatic heterocycles. The molecule has 1 aromatic rings. The first-order valence-electron chi connectivity index (χ1n) is 5.95. The van der Waals surface area contributed by atoms with E-state index in [-0.39, 0.29) is 5.82 Å². The van der Waals surface area contributed by atoms with E-state index in [2.05, 4.69) is 4.90 Å². The van der Waals surface area contributed by atoms with Crippen LogP contribution in [0.25, 0.3) is 0 Å². The summed E-state index contributed by atoms with van der Waals surface area (Å²) in [7, 11) is 0. The lowest BCUT2D eigenvalue weighted by Gasteiger charge is -2.15. The largest absolute Gasteiger partial charge is 0.330 e. The van der Waals surface area contributed by atoms with Crippen LogP contribution in [0, 0.1) is 11.7 Å². The summed E-state index contributed by atoms with van der Waals surface area (Å²) in [5, 5.41) is 0. The fraction of sp³-hybridized carbons (Fsp3) is 0.538. The van der Waals surface area contributed by atoms with Crippen LogP contribution >= 0.6 is 0 Å². The molecule has 0 bridgehead atoms. The normalized spacial score (nSPS) is 21.5. The summed E-state index contributed by atoms with van der Waals surface area (Å²) in [6.07, 6.45) is 2.34. The van der Waals surface area contributed by atoms with Crippen molar-refractivity contribution >= 4 is 0 Å². The summed E-state index contributed by atoms with van der Waals surface area (Å²) in [6.45, 7) is 3.85. The molecule has 3 heteroatoms. The molecule has 1 fully saturated rings. The van der Waals surface area contributed by atoms with Crippen molar-refractivity contribution in [3.8, 4) is 0 Å². The Morgan fingerprint density at radius 3 is 3.06 bits per heavy atom. The summed E-state index contributed by atoms with van der Waals surface area (Å²) in [4.78, 5) is 2.38. The molecule has 0 radical (unpaired) electrons. The smallest absolute Gasteiger partial charge is 0.123 e. The molecule has 88 valence electrons. The third-order valence-corrected chi connectivity index (χ3v) is 3.24. The van der Waals surface area contributed by atoms with Crippen LogP contribution < -0.4 is 5.73 Å². The minimum atomic E-state index is -0.143. The molecule has 0 spiro atoms. The molecule has 2 rings (SSSR count). The Morgan fingerprint density at radius 1 is 1.44 bits per heavy atom. The van der Waals surface area contributed by atoms with E-state index >= 15 is 0 Å². The van der Waals surface area contributed by atoms with Crippen molar-refractivity contribution in [1.29, 1.82) is 0 Å². The zero-order valence-corrected chi connectivity index (χ0v) is 9.53. The summed E-state index contributed by atoms with van der Waals surface area (Å²) in [5.41, 5.74) is 6.62. The van der Waals surface area contributed by atoms with E-state index in [1.165, 1.54) is 12.5 Å². The molecule has 0 amide bonds. The minimum absolute atomic E-state index is 0.143. The Kier molecular flexibility index (Phi) is 3.91. The minimum Gasteiger partial charge on any atom is -0.330 e. The Bertz CT molecular complexity index is 340. The van der Waals surface area contributed by atoms with Gasteiger partial charge in [-0.15, -0.1) is 0 Å². The fourth-order valence-electron chi connectivity index (χ4n) is 2.42. The van der Waals surface area contributed by atoms with E-state index in [1.807, 2.05) is 6.07 Å². The molecule has 1 aliphatic rings. The van der Waals surface area contributed by atoms with Crippen LogP contribution in [0.1, 0.15) is 18.4 Å². The molecule has 0 aliphatic carbocycles. The van der Waals surface area contributed by atoms with Crippen LogP contribution in [-0.4, -0.2) is 24.5 Å². The van der Waals surface area contributed by atoms with Gasteiger partial charge in [-0.2, -0.15) is 0 Å². The van der Waals surface area contributed by atoms with Crippen molar-refractivity contribution in [2.45, 2.75) is 19.4 Å². The van der Waals surface area contributed by atoms with Gasteiger partial charge in [0, 0.05) is 13.1 Å². The molecule has 0 saturated carbocycles. The Hall–Kier alpha value is -0.930. The van der Waals surface area contributed by atoms with Gasteiger partial charge in [-0.3, -0.25) is 4.90 Å². The lowest BCUT2D eigenvalue weighted by molar-refractivity contribution is 0.313. The van der Waals surface area contributed by atoms with Crippen LogP contribution in [0.5, 0.6) is 0 Å². The topological polar surface area (TPSA) is 29.3 Å². The van der Waals surface area contributed by atoms with Crippen molar-refractivity contribution < 1.29 is 4.39 Å². The van der Waals surface area contributed by atoms with Gasteiger partial charge in [-0.25, -0.2) is 4.39 Å². The van der Waals surface area contributed by atoms with Gasteiger partial charge in [-0.05, 0) is 49.5 Å². The van der Waals surface area contributed by atoms with Gasteiger partial charge >= 0.3 is 0 Å². The number of benzene rings is 1. The van der Waals surface area contributed by atoms with Gasteiger partial charge in [0.25, 0.3) is 0 Å². The molecule has 1 saturated heterocycles. The maximum absolute atomic E-state index is 13.0. The first-order chi connectivity index (χ1) is 7.78. The third kappa shape index (κ3) is 3.03. The number of rotatable bonds is 4. The lowest BCUT2D eigenvalue weighted by Crippen LogP contribution is -2.20. The Labute approximate surface area is 96.2 Å². The van der Waals surface area contributed by atoms with Crippen molar-refractivity contribution in [2.24, 2.45) is 11.7 Å². The molecule has 16 heavy (non-hydrogen) atoms. The highest BCUT2D eigenvalue weighted by molar-refractivity contribution is 5.16. The number of likely N-dealkylation sites (tertiary alicyclic amines) is 1. The third-order valence-electron chi connectivity index (χ3n) is 3.24. The SMILES string of the molecule is NCCC1CCN(Cc2cccc(F)c2)C1. The molecule has 1 unspecified atom stereocenters. The molecule has 0 aromatic heterocycles. The zero-order chi connectivity index (χ0) is 11.4. The van der Waals surface area contributed by atoms with Gasteiger partial charge in [0.1, 0.15) is 5.82 Å². The molecule has 1 atom stereocenters. The zero-order valence-electron chi connectivity index (χ0n) is 9.53. The van der Waals surface area contributed by atoms with Crippen LogP contribution in [0.3, 0.4) is 0 Å². The molecule has 2 nitrogen and oxygen atoms in total. The van der Waals surface area contributed by atoms with E-state index in [0.29, 0.717) is 0 Å². The predicted molar refractivity (Wildman–Crippen MR) is 63.5 cm³/mol. The number of hydrogen-bond acceptors (Lipinski definition) is 2. The predicted octanol–water partition coefficient (Wildman–Crippen LogP) is 2.00. The second kappa shape index (κ2) is 5.41. The van der Waals surface area contributed by atoms with Crippen molar-refractivity contribution in [3.05, 3.63) is 35.6 Å². The molecule has 2 N–H and O–H groups in total. The van der Waals surface area contributed by atoms with Crippen molar-refractivity contribution in [3.63, 3.8) is 0 Å². The van der Waals surface area contributed by atoms with E-state index < -0.39 is 0 Å². The van der Waals surface area contributed by atoms with Gasteiger partial charge in [0.15, 0.2) is 0 Å². The van der Waals surface area contributed by atoms with Crippen LogP contribution in [0.2, 0.25) is 0 Å². The average molecular weight is 222 g/mol. The van der Waals surface area contributed by atoms with Crippen LogP contribution in [0.4, 0.5) is 4.39 Å². The van der Waals surface area contributed by atoms with E-state index in [4.69, 9.17) is 5.73 Å². The summed E-state index contributed by atoms with van der Waals surface area (Å²) in [6, 6.07) is 6.87. The van der Waals surface area contributed by atoms with Crippen molar-refractivity contribution in [1.82, 2.24) is 4.90 Å². The maximum Gasteiger partial charge on any atom is 0.123 e. The average Bonchev–Trinajstić information content (AvgIpc) is 2.66. The summed E-state index contributed by atoms with van der Waals surface area (Å²) in [5.74, 6) is 0.591. The van der Waals surface area contributed by atoms with Crippen LogP contribution in [-0.2, 0) is 6.54 Å².